The Hall–Kier alpha value is -4.46. The molecule has 4 amide bonds. The Morgan fingerprint density at radius 1 is 1.10 bits per heavy atom. The fraction of sp³-hybridized carbons (Fsp3) is 0.675. The number of nitrogens with zero attached hydrogens (tertiary/aromatic N) is 2. The zero-order valence-corrected chi connectivity index (χ0v) is 35.9. The van der Waals surface area contributed by atoms with E-state index in [1.54, 1.807) is 6.92 Å². The van der Waals surface area contributed by atoms with Gasteiger partial charge in [-0.25, -0.2) is 22.6 Å². The maximum Gasteiger partial charge on any atom is 0.427 e. The molecule has 3 aliphatic rings. The Balaban J connectivity index is 1.52. The van der Waals surface area contributed by atoms with Crippen molar-refractivity contribution in [2.75, 3.05) is 27.4 Å². The van der Waals surface area contributed by atoms with Gasteiger partial charge in [0.15, 0.2) is 0 Å². The first-order valence-electron chi connectivity index (χ1n) is 20.0. The third-order valence-corrected chi connectivity index (χ3v) is 14.1. The Morgan fingerprint density at radius 3 is 2.33 bits per heavy atom. The number of hydrogen-bond acceptors (Lipinski definition) is 11. The van der Waals surface area contributed by atoms with E-state index in [0.29, 0.717) is 44.2 Å². The monoisotopic (exact) mass is 873 g/mol. The number of sulfonamides is 1. The lowest BCUT2D eigenvalue weighted by atomic mass is 9.87. The quantitative estimate of drug-likeness (QED) is 0.168. The van der Waals surface area contributed by atoms with Gasteiger partial charge in [-0.3, -0.25) is 19.1 Å². The third-order valence-electron chi connectivity index (χ3n) is 11.9. The highest BCUT2D eigenvalue weighted by molar-refractivity contribution is 7.91. The van der Waals surface area contributed by atoms with Gasteiger partial charge in [-0.15, -0.1) is 0 Å². The lowest BCUT2D eigenvalue weighted by molar-refractivity contribution is -0.244. The van der Waals surface area contributed by atoms with Crippen molar-refractivity contribution in [2.45, 2.75) is 127 Å². The Bertz CT molecular complexity index is 2070. The van der Waals surface area contributed by atoms with Crippen LogP contribution in [0.1, 0.15) is 86.5 Å². The van der Waals surface area contributed by atoms with E-state index in [1.165, 1.54) is 45.5 Å². The number of hydrogen-bond donors (Lipinski definition) is 3. The number of alkyl halides is 3. The van der Waals surface area contributed by atoms with Crippen LogP contribution in [0.15, 0.2) is 24.4 Å². The fourth-order valence-corrected chi connectivity index (χ4v) is 8.97. The van der Waals surface area contributed by atoms with Crippen molar-refractivity contribution in [2.24, 2.45) is 17.8 Å². The minimum absolute atomic E-state index is 0.0395. The number of carbonyl (C=O) groups is 4. The maximum absolute atomic E-state index is 14.9. The second-order valence-corrected chi connectivity index (χ2v) is 19.3. The summed E-state index contributed by atoms with van der Waals surface area (Å²) in [4.78, 5) is 61.7. The van der Waals surface area contributed by atoms with Crippen molar-refractivity contribution in [3.05, 3.63) is 30.2 Å². The molecule has 334 valence electrons. The number of amides is 4. The number of halogens is 4. The van der Waals surface area contributed by atoms with Crippen molar-refractivity contribution in [1.82, 2.24) is 25.2 Å². The minimum atomic E-state index is -4.96. The first kappa shape index (κ1) is 46.6. The van der Waals surface area contributed by atoms with Crippen LogP contribution < -0.4 is 24.8 Å². The number of pyridine rings is 1. The van der Waals surface area contributed by atoms with Gasteiger partial charge >= 0.3 is 12.3 Å². The van der Waals surface area contributed by atoms with E-state index in [0.717, 1.165) is 11.3 Å². The molecule has 1 aromatic carbocycles. The Labute approximate surface area is 347 Å². The molecule has 0 bridgehead atoms. The predicted molar refractivity (Wildman–Crippen MR) is 210 cm³/mol. The number of alkyl carbamates (subject to hydrolysis) is 1. The normalized spacial score (nSPS) is 23.9. The highest BCUT2D eigenvalue weighted by Crippen LogP contribution is 2.46. The van der Waals surface area contributed by atoms with E-state index in [2.05, 4.69) is 20.3 Å². The number of rotatable bonds is 18. The van der Waals surface area contributed by atoms with Gasteiger partial charge in [-0.1, -0.05) is 33.6 Å². The van der Waals surface area contributed by atoms with E-state index < -0.39 is 91.7 Å². The number of fused-ring (bicyclic) bond motifs is 1. The van der Waals surface area contributed by atoms with Crippen LogP contribution in [0.25, 0.3) is 10.8 Å². The highest BCUT2D eigenvalue weighted by atomic mass is 32.2. The molecule has 0 unspecified atom stereocenters. The van der Waals surface area contributed by atoms with E-state index in [1.807, 2.05) is 13.8 Å². The van der Waals surface area contributed by atoms with Crippen LogP contribution in [0.5, 0.6) is 11.6 Å². The molecule has 0 spiro atoms. The van der Waals surface area contributed by atoms with Crippen LogP contribution in [0.3, 0.4) is 0 Å². The Kier molecular flexibility index (Phi) is 13.6. The van der Waals surface area contributed by atoms with Crippen LogP contribution in [-0.2, 0) is 33.9 Å². The summed E-state index contributed by atoms with van der Waals surface area (Å²) in [6.45, 7) is 7.87. The van der Waals surface area contributed by atoms with Crippen LogP contribution in [0, 0.1) is 23.6 Å². The number of methoxy groups -OCH3 is 2. The summed E-state index contributed by atoms with van der Waals surface area (Å²) >= 11 is 0. The summed E-state index contributed by atoms with van der Waals surface area (Å²) in [6, 6.07) is 0.843. The van der Waals surface area contributed by atoms with E-state index >= 15 is 0 Å². The molecule has 2 aromatic rings. The highest BCUT2D eigenvalue weighted by Gasteiger charge is 2.62. The summed E-state index contributed by atoms with van der Waals surface area (Å²) in [6.07, 6.45) is -3.87. The van der Waals surface area contributed by atoms with Crippen LogP contribution in [0.2, 0.25) is 0 Å². The average molecular weight is 874 g/mol. The maximum atomic E-state index is 14.9. The number of benzene rings is 1. The van der Waals surface area contributed by atoms with Crippen molar-refractivity contribution in [3.8, 4) is 11.6 Å². The van der Waals surface area contributed by atoms with Crippen molar-refractivity contribution in [1.29, 1.82) is 0 Å². The van der Waals surface area contributed by atoms with Gasteiger partial charge in [0.25, 0.3) is 5.91 Å². The minimum Gasteiger partial charge on any atom is -0.494 e. The molecule has 0 radical (unpaired) electrons. The van der Waals surface area contributed by atoms with Gasteiger partial charge in [-0.2, -0.15) is 13.2 Å². The lowest BCUT2D eigenvalue weighted by Gasteiger charge is -2.35. The molecular weight excluding hydrogens is 819 g/mol. The van der Waals surface area contributed by atoms with Crippen molar-refractivity contribution >= 4 is 44.6 Å². The van der Waals surface area contributed by atoms with Crippen LogP contribution in [0.4, 0.5) is 22.4 Å². The van der Waals surface area contributed by atoms with Crippen LogP contribution in [-0.4, -0.2) is 110 Å². The fourth-order valence-electron chi connectivity index (χ4n) is 7.66. The Morgan fingerprint density at radius 2 is 1.77 bits per heavy atom. The largest absolute Gasteiger partial charge is 0.494 e. The zero-order chi connectivity index (χ0) is 44.6. The standard InChI is InChI=1S/C40H55F4N5O10S/c1-9-10-22(2)15-24(21-56-7)31(46-36(53)59-37(4,5)40(42,43)44)34(51)49-20-26(58-33-28-16-25(41)11-12-27(28)30(57-8)19-45-33)17-29(49)32(50)47-39(18-23(39)3)35(52)48-60(54,55)38(6)13-14-38/h11-12,16,19,22-24,26,29,31H,9-10,13-15,17-18,20-21H2,1-8H3,(H,46,53)(H,47,50)(H,48,52)/t22-,23-,24+,26-,29+,31+,39-/m1/s1. The van der Waals surface area contributed by atoms with E-state index in [9.17, 15) is 45.2 Å². The topological polar surface area (TPSA) is 192 Å². The summed E-state index contributed by atoms with van der Waals surface area (Å²) in [5.74, 6) is -4.42. The molecule has 1 aromatic heterocycles. The number of nitrogens with one attached hydrogen (secondary N) is 3. The number of aromatic nitrogens is 1. The molecule has 15 nitrogen and oxygen atoms in total. The molecule has 2 aliphatic carbocycles. The molecule has 60 heavy (non-hydrogen) atoms. The number of likely N-dealkylation sites (tertiary alicyclic amines) is 1. The lowest BCUT2D eigenvalue weighted by Crippen LogP contribution is -2.60. The molecule has 5 rings (SSSR count). The van der Waals surface area contributed by atoms with Gasteiger partial charge in [0, 0.05) is 24.8 Å². The smallest absolute Gasteiger partial charge is 0.427 e. The summed E-state index contributed by atoms with van der Waals surface area (Å²) in [5, 5.41) is 5.71. The molecule has 2 heterocycles. The number of ether oxygens (including phenoxy) is 4. The summed E-state index contributed by atoms with van der Waals surface area (Å²) in [7, 11) is -1.32. The van der Waals surface area contributed by atoms with E-state index in [-0.39, 0.29) is 49.6 Å². The SMILES string of the molecule is CCC[C@@H](C)C[C@@H](COC)[C@H](NC(=O)OC(C)(C)C(F)(F)F)C(=O)N1C[C@H](Oc2ncc(OC)c3ccc(F)cc23)C[C@H]1C(=O)N[C@]1(C(=O)NS(=O)(=O)C2(C)CC2)C[C@H]1C. The second kappa shape index (κ2) is 17.5. The molecule has 20 heteroatoms. The van der Waals surface area contributed by atoms with Crippen molar-refractivity contribution in [3.63, 3.8) is 0 Å². The summed E-state index contributed by atoms with van der Waals surface area (Å²) < 4.78 is 105. The second-order valence-electron chi connectivity index (χ2n) is 17.1. The molecule has 7 atom stereocenters. The third kappa shape index (κ3) is 9.84. The molecule has 3 fully saturated rings. The molecule has 1 aliphatic heterocycles. The molecule has 3 N–H and O–H groups in total. The van der Waals surface area contributed by atoms with Crippen LogP contribution >= 0.6 is 0 Å². The van der Waals surface area contributed by atoms with Crippen molar-refractivity contribution < 1.29 is 64.1 Å². The van der Waals surface area contributed by atoms with Gasteiger partial charge in [0.1, 0.15) is 35.3 Å². The van der Waals surface area contributed by atoms with Gasteiger partial charge in [0.05, 0.1) is 36.6 Å². The van der Waals surface area contributed by atoms with Gasteiger partial charge in [-0.05, 0) is 76.5 Å². The predicted octanol–water partition coefficient (Wildman–Crippen LogP) is 5.15. The van der Waals surface area contributed by atoms with Gasteiger partial charge < -0.3 is 34.5 Å². The molecular formula is C40H55F4N5O10S. The summed E-state index contributed by atoms with van der Waals surface area (Å²) in [5.41, 5.74) is -4.59. The van der Waals surface area contributed by atoms with Gasteiger partial charge in [0.2, 0.25) is 33.3 Å². The van der Waals surface area contributed by atoms with E-state index in [4.69, 9.17) is 18.9 Å². The molecule has 2 saturated carbocycles. The average Bonchev–Trinajstić information content (AvgIpc) is 4.02. The first-order valence-corrected chi connectivity index (χ1v) is 21.4. The number of carbonyl (C=O) groups excluding carboxylic acids is 4. The first-order chi connectivity index (χ1) is 27.9. The zero-order valence-electron chi connectivity index (χ0n) is 35.0. The molecule has 1 saturated heterocycles.